The lowest BCUT2D eigenvalue weighted by Gasteiger charge is -2.30. The topological polar surface area (TPSA) is 61.9 Å². The predicted molar refractivity (Wildman–Crippen MR) is 107 cm³/mol. The molecule has 0 spiro atoms. The Balaban J connectivity index is 1.48. The first-order chi connectivity index (χ1) is 13.1. The molecule has 140 valence electrons. The Hall–Kier alpha value is -2.53. The molecule has 0 radical (unpaired) electrons. The second kappa shape index (κ2) is 7.61. The summed E-state index contributed by atoms with van der Waals surface area (Å²) < 4.78 is 0. The van der Waals surface area contributed by atoms with Crippen molar-refractivity contribution in [2.45, 2.75) is 39.2 Å². The van der Waals surface area contributed by atoms with Crippen molar-refractivity contribution in [2.24, 2.45) is 5.92 Å². The van der Waals surface area contributed by atoms with Gasteiger partial charge in [-0.2, -0.15) is 0 Å². The van der Waals surface area contributed by atoms with Crippen molar-refractivity contribution in [1.29, 1.82) is 0 Å². The third kappa shape index (κ3) is 3.93. The van der Waals surface area contributed by atoms with E-state index in [0.717, 1.165) is 49.2 Å². The quantitative estimate of drug-likeness (QED) is 0.846. The van der Waals surface area contributed by atoms with Gasteiger partial charge in [0.15, 0.2) is 0 Å². The van der Waals surface area contributed by atoms with Gasteiger partial charge in [0, 0.05) is 44.0 Å². The molecule has 1 aliphatic carbocycles. The third-order valence-electron chi connectivity index (χ3n) is 5.73. The summed E-state index contributed by atoms with van der Waals surface area (Å²) in [4.78, 5) is 26.7. The Morgan fingerprint density at radius 3 is 2.85 bits per heavy atom. The first-order valence-electron chi connectivity index (χ1n) is 9.68. The van der Waals surface area contributed by atoms with Crippen LogP contribution in [-0.2, 0) is 13.0 Å². The fourth-order valence-corrected chi connectivity index (χ4v) is 4.03. The van der Waals surface area contributed by atoms with Crippen LogP contribution in [0, 0.1) is 5.92 Å². The summed E-state index contributed by atoms with van der Waals surface area (Å²) in [6, 6.07) is 3.74. The molecular weight excluding hydrogens is 336 g/mol. The molecule has 0 bridgehead atoms. The highest BCUT2D eigenvalue weighted by Gasteiger charge is 2.23. The van der Waals surface area contributed by atoms with Crippen LogP contribution in [0.25, 0.3) is 11.4 Å². The van der Waals surface area contributed by atoms with E-state index in [1.54, 1.807) is 12.4 Å². The van der Waals surface area contributed by atoms with Crippen LogP contribution in [0.4, 0.5) is 0 Å². The van der Waals surface area contributed by atoms with Crippen LogP contribution in [0.5, 0.6) is 0 Å². The molecule has 0 aromatic carbocycles. The number of allylic oxidation sites excluding steroid dienone is 2. The minimum absolute atomic E-state index is 0.0171. The van der Waals surface area contributed by atoms with Gasteiger partial charge in [-0.3, -0.25) is 14.7 Å². The Morgan fingerprint density at radius 1 is 1.33 bits per heavy atom. The zero-order chi connectivity index (χ0) is 18.8. The van der Waals surface area contributed by atoms with Crippen molar-refractivity contribution >= 4 is 0 Å². The number of fused-ring (bicyclic) bond motifs is 1. The molecule has 5 nitrogen and oxygen atoms in total. The number of aromatic nitrogens is 3. The van der Waals surface area contributed by atoms with Gasteiger partial charge in [0.05, 0.1) is 11.3 Å². The molecule has 5 heteroatoms. The number of hydrogen-bond donors (Lipinski definition) is 1. The molecule has 2 aromatic rings. The molecule has 0 saturated heterocycles. The molecule has 0 fully saturated rings. The molecule has 3 heterocycles. The summed E-state index contributed by atoms with van der Waals surface area (Å²) in [6.07, 6.45) is 10.1. The summed E-state index contributed by atoms with van der Waals surface area (Å²) in [5, 5.41) is 0. The zero-order valence-corrected chi connectivity index (χ0v) is 15.9. The fourth-order valence-electron chi connectivity index (χ4n) is 4.03. The first-order valence-corrected chi connectivity index (χ1v) is 9.68. The molecule has 2 aromatic heterocycles. The normalized spacial score (nSPS) is 20.0. The molecule has 1 unspecified atom stereocenters. The first kappa shape index (κ1) is 17.9. The fraction of sp³-hybridized carbons (Fsp3) is 0.409. The maximum absolute atomic E-state index is 12.7. The average Bonchev–Trinajstić information content (AvgIpc) is 2.69. The number of rotatable bonds is 4. The van der Waals surface area contributed by atoms with E-state index < -0.39 is 0 Å². The molecule has 0 amide bonds. The SMILES string of the molecule is C=C(C)C1CC=C(CN2CCc3nc(-c4ccncc4)[nH]c(=O)c3C2)CC1. The lowest BCUT2D eigenvalue weighted by Crippen LogP contribution is -2.37. The number of H-pyrrole nitrogens is 1. The van der Waals surface area contributed by atoms with E-state index in [1.807, 2.05) is 12.1 Å². The molecule has 1 atom stereocenters. The Kier molecular flexibility index (Phi) is 5.03. The monoisotopic (exact) mass is 362 g/mol. The number of nitrogens with one attached hydrogen (secondary N) is 1. The molecular formula is C22H26N4O. The Labute approximate surface area is 159 Å². The van der Waals surface area contributed by atoms with Gasteiger partial charge in [0.25, 0.3) is 5.56 Å². The van der Waals surface area contributed by atoms with E-state index >= 15 is 0 Å². The summed E-state index contributed by atoms with van der Waals surface area (Å²) in [7, 11) is 0. The minimum Gasteiger partial charge on any atom is -0.306 e. The zero-order valence-electron chi connectivity index (χ0n) is 15.9. The van der Waals surface area contributed by atoms with Gasteiger partial charge in [-0.05, 0) is 44.2 Å². The van der Waals surface area contributed by atoms with Crippen LogP contribution in [0.1, 0.15) is 37.4 Å². The van der Waals surface area contributed by atoms with Crippen LogP contribution >= 0.6 is 0 Å². The van der Waals surface area contributed by atoms with E-state index in [4.69, 9.17) is 4.98 Å². The number of pyridine rings is 1. The van der Waals surface area contributed by atoms with E-state index in [2.05, 4.69) is 34.4 Å². The van der Waals surface area contributed by atoms with Gasteiger partial charge in [0.2, 0.25) is 0 Å². The van der Waals surface area contributed by atoms with Gasteiger partial charge < -0.3 is 4.98 Å². The maximum Gasteiger partial charge on any atom is 0.255 e. The van der Waals surface area contributed by atoms with E-state index in [1.165, 1.54) is 17.6 Å². The average molecular weight is 362 g/mol. The second-order valence-corrected chi connectivity index (χ2v) is 7.72. The highest BCUT2D eigenvalue weighted by atomic mass is 16.1. The predicted octanol–water partition coefficient (Wildman–Crippen LogP) is 3.49. The van der Waals surface area contributed by atoms with Crippen LogP contribution in [0.15, 0.2) is 53.1 Å². The summed E-state index contributed by atoms with van der Waals surface area (Å²) in [5.74, 6) is 1.27. The van der Waals surface area contributed by atoms with Gasteiger partial charge in [-0.15, -0.1) is 0 Å². The van der Waals surface area contributed by atoms with Crippen LogP contribution < -0.4 is 5.56 Å². The third-order valence-corrected chi connectivity index (χ3v) is 5.73. The Bertz CT molecular complexity index is 929. The van der Waals surface area contributed by atoms with Crippen molar-refractivity contribution in [2.75, 3.05) is 13.1 Å². The van der Waals surface area contributed by atoms with E-state index in [9.17, 15) is 4.79 Å². The number of aromatic amines is 1. The van der Waals surface area contributed by atoms with Crippen LogP contribution in [-0.4, -0.2) is 32.9 Å². The highest BCUT2D eigenvalue weighted by Crippen LogP contribution is 2.29. The van der Waals surface area contributed by atoms with Gasteiger partial charge >= 0.3 is 0 Å². The minimum atomic E-state index is -0.0171. The standard InChI is InChI=1S/C22H26N4O/c1-15(2)17-5-3-16(4-6-17)13-26-12-9-20-19(14-26)22(27)25-21(24-20)18-7-10-23-11-8-18/h3,7-8,10-11,17H,1,4-6,9,12-14H2,2H3,(H,24,25,27). The Morgan fingerprint density at radius 2 is 2.15 bits per heavy atom. The molecule has 1 aliphatic heterocycles. The van der Waals surface area contributed by atoms with Gasteiger partial charge in [-0.25, -0.2) is 4.98 Å². The molecule has 1 N–H and O–H groups in total. The van der Waals surface area contributed by atoms with Crippen LogP contribution in [0.2, 0.25) is 0 Å². The van der Waals surface area contributed by atoms with Crippen molar-refractivity contribution in [3.63, 3.8) is 0 Å². The number of nitrogens with zero attached hydrogens (tertiary/aromatic N) is 3. The van der Waals surface area contributed by atoms with Crippen LogP contribution in [0.3, 0.4) is 0 Å². The second-order valence-electron chi connectivity index (χ2n) is 7.72. The van der Waals surface area contributed by atoms with E-state index in [0.29, 0.717) is 18.3 Å². The van der Waals surface area contributed by atoms with Crippen molar-refractivity contribution in [3.05, 3.63) is 69.9 Å². The molecule has 4 rings (SSSR count). The van der Waals surface area contributed by atoms with Gasteiger partial charge in [0.1, 0.15) is 5.82 Å². The van der Waals surface area contributed by atoms with E-state index in [-0.39, 0.29) is 5.56 Å². The largest absolute Gasteiger partial charge is 0.306 e. The summed E-state index contributed by atoms with van der Waals surface area (Å²) in [5.41, 5.74) is 5.41. The summed E-state index contributed by atoms with van der Waals surface area (Å²) in [6.45, 7) is 8.80. The molecule has 27 heavy (non-hydrogen) atoms. The maximum atomic E-state index is 12.7. The van der Waals surface area contributed by atoms with Gasteiger partial charge in [-0.1, -0.05) is 23.8 Å². The van der Waals surface area contributed by atoms with Crippen molar-refractivity contribution in [3.8, 4) is 11.4 Å². The van der Waals surface area contributed by atoms with Crippen molar-refractivity contribution < 1.29 is 0 Å². The number of hydrogen-bond acceptors (Lipinski definition) is 4. The molecule has 0 saturated carbocycles. The molecule has 2 aliphatic rings. The smallest absolute Gasteiger partial charge is 0.255 e. The summed E-state index contributed by atoms with van der Waals surface area (Å²) >= 11 is 0. The lowest BCUT2D eigenvalue weighted by atomic mass is 9.85. The lowest BCUT2D eigenvalue weighted by molar-refractivity contribution is 0.266. The van der Waals surface area contributed by atoms with Crippen molar-refractivity contribution in [1.82, 2.24) is 19.9 Å². The highest BCUT2D eigenvalue weighted by molar-refractivity contribution is 5.54.